The first-order valence-corrected chi connectivity index (χ1v) is 4.23. The summed E-state index contributed by atoms with van der Waals surface area (Å²) in [5.41, 5.74) is 0.892. The van der Waals surface area contributed by atoms with Crippen molar-refractivity contribution in [2.24, 2.45) is 0 Å². The van der Waals surface area contributed by atoms with Crippen LogP contribution in [0.5, 0.6) is 0 Å². The third-order valence-electron chi connectivity index (χ3n) is 2.17. The van der Waals surface area contributed by atoms with Gasteiger partial charge in [0.25, 0.3) is 0 Å². The minimum absolute atomic E-state index is 0.755. The minimum atomic E-state index is 0.755. The van der Waals surface area contributed by atoms with Crippen molar-refractivity contribution in [1.82, 2.24) is 19.9 Å². The monoisotopic (exact) mass is 175 g/mol. The lowest BCUT2D eigenvalue weighted by atomic mass is 10.4. The first-order chi connectivity index (χ1) is 6.45. The summed E-state index contributed by atoms with van der Waals surface area (Å²) in [5, 5.41) is 14.6. The lowest BCUT2D eigenvalue weighted by Crippen LogP contribution is -2.19. The average Bonchev–Trinajstić information content (AvgIpc) is 2.44. The maximum absolute atomic E-state index is 4.10. The SMILES string of the molecule is c1cc2n3c(nnc3c1)CNCN2. The van der Waals surface area contributed by atoms with Crippen molar-refractivity contribution in [3.63, 3.8) is 0 Å². The van der Waals surface area contributed by atoms with E-state index in [1.54, 1.807) is 0 Å². The Kier molecular flexibility index (Phi) is 1.28. The third kappa shape index (κ3) is 0.905. The first-order valence-electron chi connectivity index (χ1n) is 4.23. The molecule has 5 heteroatoms. The van der Waals surface area contributed by atoms with Gasteiger partial charge in [0.05, 0.1) is 13.2 Å². The topological polar surface area (TPSA) is 54.2 Å². The van der Waals surface area contributed by atoms with E-state index in [1.165, 1.54) is 0 Å². The molecule has 0 fully saturated rings. The van der Waals surface area contributed by atoms with Crippen LogP contribution >= 0.6 is 0 Å². The maximum Gasteiger partial charge on any atom is 0.162 e. The molecular weight excluding hydrogens is 166 g/mol. The van der Waals surface area contributed by atoms with Crippen molar-refractivity contribution in [3.05, 3.63) is 24.0 Å². The van der Waals surface area contributed by atoms with Crippen LogP contribution in [0.4, 0.5) is 5.82 Å². The molecule has 0 atom stereocenters. The number of nitrogens with zero attached hydrogens (tertiary/aromatic N) is 3. The van der Waals surface area contributed by atoms with E-state index in [-0.39, 0.29) is 0 Å². The highest BCUT2D eigenvalue weighted by atomic mass is 15.3. The summed E-state index contributed by atoms with van der Waals surface area (Å²) in [5.74, 6) is 2.00. The fourth-order valence-electron chi connectivity index (χ4n) is 1.58. The summed E-state index contributed by atoms with van der Waals surface area (Å²) in [4.78, 5) is 0. The number of rotatable bonds is 0. The standard InChI is InChI=1S/C8H9N5/c1-2-6-10-5-9-4-8-12-11-7(3-1)13(6)8/h1-3,9-10H,4-5H2. The molecule has 1 aliphatic rings. The summed E-state index contributed by atoms with van der Waals surface area (Å²) in [6.07, 6.45) is 0. The van der Waals surface area contributed by atoms with Gasteiger partial charge in [-0.1, -0.05) is 6.07 Å². The van der Waals surface area contributed by atoms with E-state index < -0.39 is 0 Å². The molecule has 0 radical (unpaired) electrons. The van der Waals surface area contributed by atoms with Crippen LogP contribution < -0.4 is 10.6 Å². The highest BCUT2D eigenvalue weighted by molar-refractivity contribution is 5.50. The molecule has 1 aliphatic heterocycles. The molecule has 2 aromatic rings. The predicted octanol–water partition coefficient (Wildman–Crippen LogP) is 0.202. The van der Waals surface area contributed by atoms with Gasteiger partial charge in [-0.3, -0.25) is 9.72 Å². The van der Waals surface area contributed by atoms with E-state index in [9.17, 15) is 0 Å². The van der Waals surface area contributed by atoms with Gasteiger partial charge in [-0.25, -0.2) is 0 Å². The summed E-state index contributed by atoms with van der Waals surface area (Å²) in [6.45, 7) is 1.52. The van der Waals surface area contributed by atoms with Gasteiger partial charge in [0, 0.05) is 0 Å². The molecule has 2 aromatic heterocycles. The zero-order valence-electron chi connectivity index (χ0n) is 6.99. The molecule has 0 spiro atoms. The van der Waals surface area contributed by atoms with Gasteiger partial charge in [0.2, 0.25) is 0 Å². The van der Waals surface area contributed by atoms with Gasteiger partial charge >= 0.3 is 0 Å². The third-order valence-corrected chi connectivity index (χ3v) is 2.17. The van der Waals surface area contributed by atoms with Crippen LogP contribution in [0, 0.1) is 0 Å². The molecule has 2 N–H and O–H groups in total. The number of pyridine rings is 1. The quantitative estimate of drug-likeness (QED) is 0.600. The maximum atomic E-state index is 4.10. The van der Waals surface area contributed by atoms with Crippen molar-refractivity contribution < 1.29 is 0 Å². The van der Waals surface area contributed by atoms with Crippen molar-refractivity contribution in [2.75, 3.05) is 12.0 Å². The fourth-order valence-corrected chi connectivity index (χ4v) is 1.58. The number of aromatic nitrogens is 3. The summed E-state index contributed by atoms with van der Waals surface area (Å²) in [7, 11) is 0. The van der Waals surface area contributed by atoms with Crippen molar-refractivity contribution >= 4 is 11.5 Å². The highest BCUT2D eigenvalue weighted by Gasteiger charge is 2.10. The molecule has 66 valence electrons. The second-order valence-corrected chi connectivity index (χ2v) is 3.00. The smallest absolute Gasteiger partial charge is 0.162 e. The lowest BCUT2D eigenvalue weighted by Gasteiger charge is -2.03. The van der Waals surface area contributed by atoms with Crippen LogP contribution in [0.15, 0.2) is 18.2 Å². The fraction of sp³-hybridized carbons (Fsp3) is 0.250. The molecule has 0 aliphatic carbocycles. The van der Waals surface area contributed by atoms with Gasteiger partial charge < -0.3 is 5.32 Å². The molecule has 5 nitrogen and oxygen atoms in total. The van der Waals surface area contributed by atoms with E-state index in [0.717, 1.165) is 30.5 Å². The van der Waals surface area contributed by atoms with Gasteiger partial charge in [0.15, 0.2) is 11.5 Å². The van der Waals surface area contributed by atoms with Gasteiger partial charge in [-0.05, 0) is 12.1 Å². The predicted molar refractivity (Wildman–Crippen MR) is 48.3 cm³/mol. The van der Waals surface area contributed by atoms with E-state index in [4.69, 9.17) is 0 Å². The second kappa shape index (κ2) is 2.43. The Morgan fingerprint density at radius 2 is 2.31 bits per heavy atom. The number of nitrogens with one attached hydrogen (secondary N) is 2. The second-order valence-electron chi connectivity index (χ2n) is 3.00. The van der Waals surface area contributed by atoms with Crippen LogP contribution in [-0.4, -0.2) is 21.3 Å². The van der Waals surface area contributed by atoms with Crippen molar-refractivity contribution in [3.8, 4) is 0 Å². The van der Waals surface area contributed by atoms with Crippen LogP contribution in [0.3, 0.4) is 0 Å². The number of anilines is 1. The Morgan fingerprint density at radius 1 is 1.31 bits per heavy atom. The Balaban J connectivity index is 2.40. The Morgan fingerprint density at radius 3 is 3.31 bits per heavy atom. The normalized spacial score (nSPS) is 15.4. The van der Waals surface area contributed by atoms with Gasteiger partial charge in [0.1, 0.15) is 5.82 Å². The molecule has 0 aromatic carbocycles. The summed E-state index contributed by atoms with van der Waals surface area (Å²) in [6, 6.07) is 5.95. The highest BCUT2D eigenvalue weighted by Crippen LogP contribution is 2.14. The average molecular weight is 175 g/mol. The summed E-state index contributed by atoms with van der Waals surface area (Å²) >= 11 is 0. The van der Waals surface area contributed by atoms with Crippen LogP contribution in [-0.2, 0) is 6.54 Å². The molecule has 0 amide bonds. The van der Waals surface area contributed by atoms with Crippen LogP contribution in [0.2, 0.25) is 0 Å². The molecule has 0 saturated carbocycles. The van der Waals surface area contributed by atoms with E-state index in [1.807, 2.05) is 22.6 Å². The van der Waals surface area contributed by atoms with Crippen molar-refractivity contribution in [1.29, 1.82) is 0 Å². The Hall–Kier alpha value is -1.62. The zero-order chi connectivity index (χ0) is 8.67. The Bertz CT molecular complexity index is 447. The number of hydrogen-bond donors (Lipinski definition) is 2. The number of hydrogen-bond acceptors (Lipinski definition) is 4. The first kappa shape index (κ1) is 6.85. The zero-order valence-corrected chi connectivity index (χ0v) is 6.99. The van der Waals surface area contributed by atoms with Gasteiger partial charge in [-0.2, -0.15) is 0 Å². The van der Waals surface area contributed by atoms with E-state index in [0.29, 0.717) is 0 Å². The minimum Gasteiger partial charge on any atom is -0.359 e. The molecule has 3 rings (SSSR count). The van der Waals surface area contributed by atoms with Crippen LogP contribution in [0.1, 0.15) is 5.82 Å². The molecule has 0 saturated heterocycles. The van der Waals surface area contributed by atoms with Crippen molar-refractivity contribution in [2.45, 2.75) is 6.54 Å². The largest absolute Gasteiger partial charge is 0.359 e. The van der Waals surface area contributed by atoms with Gasteiger partial charge in [-0.15, -0.1) is 10.2 Å². The molecule has 3 heterocycles. The molecule has 0 unspecified atom stereocenters. The van der Waals surface area contributed by atoms with Crippen LogP contribution in [0.25, 0.3) is 5.65 Å². The lowest BCUT2D eigenvalue weighted by molar-refractivity contribution is 0.711. The Labute approximate surface area is 74.8 Å². The summed E-state index contributed by atoms with van der Waals surface area (Å²) < 4.78 is 2.03. The molecular formula is C8H9N5. The van der Waals surface area contributed by atoms with E-state index in [2.05, 4.69) is 20.8 Å². The molecule has 13 heavy (non-hydrogen) atoms. The molecule has 0 bridgehead atoms. The van der Waals surface area contributed by atoms with E-state index >= 15 is 0 Å².